The maximum Gasteiger partial charge on any atom is 0.236 e. The molecule has 0 N–H and O–H groups in total. The second-order valence-corrected chi connectivity index (χ2v) is 8.91. The summed E-state index contributed by atoms with van der Waals surface area (Å²) < 4.78 is 5.55. The van der Waals surface area contributed by atoms with E-state index in [-0.39, 0.29) is 5.91 Å². The molecule has 0 atom stereocenters. The predicted octanol–water partition coefficient (Wildman–Crippen LogP) is 3.66. The number of hydrogen-bond donors (Lipinski definition) is 0. The summed E-state index contributed by atoms with van der Waals surface area (Å²) in [6.07, 6.45) is 0.995. The first kappa shape index (κ1) is 21.8. The fraction of sp³-hybridized carbons (Fsp3) is 0.500. The third-order valence-corrected chi connectivity index (χ3v) is 6.55. The Hall–Kier alpha value is -2.37. The molecule has 0 radical (unpaired) electrons. The van der Waals surface area contributed by atoms with E-state index in [1.54, 1.807) is 0 Å². The number of nitrogens with zero attached hydrogens (tertiary/aromatic N) is 3. The van der Waals surface area contributed by atoms with E-state index in [0.29, 0.717) is 19.2 Å². The van der Waals surface area contributed by atoms with Crippen molar-refractivity contribution in [1.29, 1.82) is 0 Å². The summed E-state index contributed by atoms with van der Waals surface area (Å²) in [5, 5.41) is 0. The highest BCUT2D eigenvalue weighted by molar-refractivity contribution is 5.78. The van der Waals surface area contributed by atoms with E-state index in [0.717, 1.165) is 51.4 Å². The molecule has 2 aliphatic rings. The number of rotatable bonds is 6. The van der Waals surface area contributed by atoms with Crippen molar-refractivity contribution in [1.82, 2.24) is 14.7 Å². The van der Waals surface area contributed by atoms with Crippen LogP contribution in [0.1, 0.15) is 31.9 Å². The minimum absolute atomic E-state index is 0.276. The summed E-state index contributed by atoms with van der Waals surface area (Å²) in [6.45, 7) is 13.1. The smallest absolute Gasteiger partial charge is 0.236 e. The summed E-state index contributed by atoms with van der Waals surface area (Å²) in [7, 11) is 0. The first-order valence-corrected chi connectivity index (χ1v) is 11.6. The second-order valence-electron chi connectivity index (χ2n) is 8.91. The van der Waals surface area contributed by atoms with Gasteiger partial charge in [0.05, 0.1) is 13.2 Å². The normalized spacial score (nSPS) is 17.6. The van der Waals surface area contributed by atoms with Crippen LogP contribution in [0.2, 0.25) is 0 Å². The minimum Gasteiger partial charge on any atom is -0.494 e. The van der Waals surface area contributed by atoms with Crippen LogP contribution in [-0.4, -0.2) is 72.5 Å². The van der Waals surface area contributed by atoms with Gasteiger partial charge in [0.25, 0.3) is 0 Å². The van der Waals surface area contributed by atoms with Crippen molar-refractivity contribution >= 4 is 5.91 Å². The molecule has 1 fully saturated rings. The SMILES string of the molecule is CCOc1ccc(-c2ccc3c(c2)CCN(CC(=O)N2CCN(C(C)C)CC2)C3)cc1. The van der Waals surface area contributed by atoms with Crippen molar-refractivity contribution < 1.29 is 9.53 Å². The summed E-state index contributed by atoms with van der Waals surface area (Å²) in [5.74, 6) is 1.19. The van der Waals surface area contributed by atoms with Gasteiger partial charge in [0.15, 0.2) is 0 Å². The van der Waals surface area contributed by atoms with E-state index < -0.39 is 0 Å². The number of carbonyl (C=O) groups is 1. The summed E-state index contributed by atoms with van der Waals surface area (Å²) in [4.78, 5) is 19.6. The van der Waals surface area contributed by atoms with Gasteiger partial charge in [-0.15, -0.1) is 0 Å². The highest BCUT2D eigenvalue weighted by Crippen LogP contribution is 2.27. The van der Waals surface area contributed by atoms with Crippen LogP contribution >= 0.6 is 0 Å². The lowest BCUT2D eigenvalue weighted by Crippen LogP contribution is -2.53. The standard InChI is InChI=1S/C26H35N3O2/c1-4-31-25-9-7-21(8-10-25)22-5-6-24-18-27(12-11-23(24)17-22)19-26(30)29-15-13-28(14-16-29)20(2)3/h5-10,17,20H,4,11-16,18-19H2,1-3H3. The van der Waals surface area contributed by atoms with Gasteiger partial charge in [0.1, 0.15) is 5.75 Å². The molecule has 0 bridgehead atoms. The molecule has 2 aromatic rings. The maximum absolute atomic E-state index is 12.8. The summed E-state index contributed by atoms with van der Waals surface area (Å²) in [5.41, 5.74) is 5.21. The Morgan fingerprint density at radius 3 is 2.32 bits per heavy atom. The van der Waals surface area contributed by atoms with Crippen molar-refractivity contribution in [3.8, 4) is 16.9 Å². The molecule has 5 heteroatoms. The molecular formula is C26H35N3O2. The van der Waals surface area contributed by atoms with Crippen molar-refractivity contribution in [3.63, 3.8) is 0 Å². The van der Waals surface area contributed by atoms with E-state index >= 15 is 0 Å². The number of amides is 1. The van der Waals surface area contributed by atoms with Gasteiger partial charge in [-0.25, -0.2) is 0 Å². The monoisotopic (exact) mass is 421 g/mol. The molecule has 31 heavy (non-hydrogen) atoms. The zero-order valence-electron chi connectivity index (χ0n) is 19.1. The molecule has 2 aliphatic heterocycles. The first-order valence-electron chi connectivity index (χ1n) is 11.6. The molecule has 166 valence electrons. The topological polar surface area (TPSA) is 36.0 Å². The quantitative estimate of drug-likeness (QED) is 0.713. The van der Waals surface area contributed by atoms with E-state index in [1.165, 1.54) is 22.3 Å². The van der Waals surface area contributed by atoms with E-state index in [4.69, 9.17) is 4.74 Å². The lowest BCUT2D eigenvalue weighted by molar-refractivity contribution is -0.134. The Morgan fingerprint density at radius 2 is 1.65 bits per heavy atom. The summed E-state index contributed by atoms with van der Waals surface area (Å²) in [6, 6.07) is 15.6. The molecule has 0 saturated carbocycles. The summed E-state index contributed by atoms with van der Waals surface area (Å²) >= 11 is 0. The third kappa shape index (κ3) is 5.28. The van der Waals surface area contributed by atoms with Gasteiger partial charge in [-0.2, -0.15) is 0 Å². The fourth-order valence-electron chi connectivity index (χ4n) is 4.62. The van der Waals surface area contributed by atoms with Crippen LogP contribution in [0.25, 0.3) is 11.1 Å². The molecule has 5 nitrogen and oxygen atoms in total. The van der Waals surface area contributed by atoms with Gasteiger partial charge < -0.3 is 9.64 Å². The van der Waals surface area contributed by atoms with Crippen molar-refractivity contribution in [2.45, 2.75) is 39.8 Å². The lowest BCUT2D eigenvalue weighted by Gasteiger charge is -2.38. The van der Waals surface area contributed by atoms with E-state index in [9.17, 15) is 4.79 Å². The number of benzene rings is 2. The molecule has 0 aromatic heterocycles. The average Bonchev–Trinajstić information content (AvgIpc) is 2.79. The van der Waals surface area contributed by atoms with Crippen molar-refractivity contribution in [2.24, 2.45) is 0 Å². The highest BCUT2D eigenvalue weighted by atomic mass is 16.5. The number of carbonyl (C=O) groups excluding carboxylic acids is 1. The Bertz CT molecular complexity index is 886. The van der Waals surface area contributed by atoms with Gasteiger partial charge in [-0.05, 0) is 61.6 Å². The highest BCUT2D eigenvalue weighted by Gasteiger charge is 2.25. The Kier molecular flexibility index (Phi) is 6.93. The number of piperazine rings is 1. The average molecular weight is 422 g/mol. The van der Waals surface area contributed by atoms with Crippen LogP contribution in [0.3, 0.4) is 0 Å². The Morgan fingerprint density at radius 1 is 0.935 bits per heavy atom. The maximum atomic E-state index is 12.8. The minimum atomic E-state index is 0.276. The first-order chi connectivity index (χ1) is 15.0. The molecule has 2 aromatic carbocycles. The van der Waals surface area contributed by atoms with Gasteiger partial charge >= 0.3 is 0 Å². The molecule has 2 heterocycles. The molecule has 0 aliphatic carbocycles. The van der Waals surface area contributed by atoms with Gasteiger partial charge in [-0.1, -0.05) is 30.3 Å². The second kappa shape index (κ2) is 9.84. The predicted molar refractivity (Wildman–Crippen MR) is 125 cm³/mol. The largest absolute Gasteiger partial charge is 0.494 e. The van der Waals surface area contributed by atoms with Gasteiger partial charge in [-0.3, -0.25) is 14.6 Å². The van der Waals surface area contributed by atoms with Crippen molar-refractivity contribution in [2.75, 3.05) is 45.9 Å². The molecule has 4 rings (SSSR count). The van der Waals surface area contributed by atoms with E-state index in [1.807, 2.05) is 24.0 Å². The molecule has 1 amide bonds. The molecule has 0 spiro atoms. The van der Waals surface area contributed by atoms with Crippen molar-refractivity contribution in [3.05, 3.63) is 53.6 Å². The number of ether oxygens (including phenoxy) is 1. The van der Waals surface area contributed by atoms with Crippen LogP contribution in [0.5, 0.6) is 5.75 Å². The molecule has 0 unspecified atom stereocenters. The zero-order valence-corrected chi connectivity index (χ0v) is 19.1. The van der Waals surface area contributed by atoms with Gasteiger partial charge in [0, 0.05) is 45.3 Å². The Balaban J connectivity index is 1.34. The number of fused-ring (bicyclic) bond motifs is 1. The van der Waals surface area contributed by atoms with E-state index in [2.05, 4.69) is 54.0 Å². The van der Waals surface area contributed by atoms with Crippen LogP contribution in [0.4, 0.5) is 0 Å². The third-order valence-electron chi connectivity index (χ3n) is 6.55. The van der Waals surface area contributed by atoms with Crippen LogP contribution in [0.15, 0.2) is 42.5 Å². The lowest BCUT2D eigenvalue weighted by atomic mass is 9.94. The van der Waals surface area contributed by atoms with Gasteiger partial charge in [0.2, 0.25) is 5.91 Å². The van der Waals surface area contributed by atoms with Crippen LogP contribution in [0, 0.1) is 0 Å². The Labute approximate surface area is 186 Å². The molecule has 1 saturated heterocycles. The fourth-order valence-corrected chi connectivity index (χ4v) is 4.62. The zero-order chi connectivity index (χ0) is 21.8. The van der Waals surface area contributed by atoms with Crippen LogP contribution < -0.4 is 4.74 Å². The number of hydrogen-bond acceptors (Lipinski definition) is 4. The van der Waals surface area contributed by atoms with Crippen LogP contribution in [-0.2, 0) is 17.8 Å². The molecular weight excluding hydrogens is 386 g/mol.